The summed E-state index contributed by atoms with van der Waals surface area (Å²) in [6.07, 6.45) is 2.29. The molecule has 1 aromatic heterocycles. The van der Waals surface area contributed by atoms with Crippen LogP contribution in [0, 0.1) is 6.92 Å². The molecular weight excluding hydrogens is 242 g/mol. The van der Waals surface area contributed by atoms with Gasteiger partial charge in [-0.05, 0) is 37.1 Å². The quantitative estimate of drug-likeness (QED) is 0.897. The van der Waals surface area contributed by atoms with E-state index in [1.165, 1.54) is 6.26 Å². The molecule has 0 aliphatic rings. The van der Waals surface area contributed by atoms with Crippen molar-refractivity contribution in [3.8, 4) is 5.75 Å². The summed E-state index contributed by atoms with van der Waals surface area (Å²) in [4.78, 5) is 11.8. The fourth-order valence-electron chi connectivity index (χ4n) is 1.80. The van der Waals surface area contributed by atoms with E-state index in [0.717, 1.165) is 23.3 Å². The Bertz CT molecular complexity index is 543. The van der Waals surface area contributed by atoms with Crippen LogP contribution in [0.25, 0.3) is 0 Å². The van der Waals surface area contributed by atoms with E-state index in [2.05, 4.69) is 5.32 Å². The summed E-state index contributed by atoms with van der Waals surface area (Å²) in [5.41, 5.74) is 2.00. The number of ether oxygens (including phenoxy) is 1. The fraction of sp³-hybridized carbons (Fsp3) is 0.267. The van der Waals surface area contributed by atoms with Gasteiger partial charge in [0.2, 0.25) is 0 Å². The van der Waals surface area contributed by atoms with E-state index in [0.29, 0.717) is 12.3 Å². The van der Waals surface area contributed by atoms with Gasteiger partial charge in [-0.3, -0.25) is 4.79 Å². The molecule has 0 radical (unpaired) electrons. The van der Waals surface area contributed by atoms with Crippen molar-refractivity contribution >= 4 is 5.91 Å². The molecule has 0 spiro atoms. The Morgan fingerprint density at radius 2 is 2.00 bits per heavy atom. The van der Waals surface area contributed by atoms with Crippen LogP contribution in [0.3, 0.4) is 0 Å². The van der Waals surface area contributed by atoms with Gasteiger partial charge in [-0.2, -0.15) is 0 Å². The first-order chi connectivity index (χ1) is 9.20. The zero-order valence-electron chi connectivity index (χ0n) is 11.1. The lowest BCUT2D eigenvalue weighted by atomic mass is 10.1. The number of benzene rings is 1. The lowest BCUT2D eigenvalue weighted by Crippen LogP contribution is -2.25. The second-order valence-corrected chi connectivity index (χ2v) is 4.29. The van der Waals surface area contributed by atoms with Crippen LogP contribution >= 0.6 is 0 Å². The number of methoxy groups -OCH3 is 1. The first kappa shape index (κ1) is 13.2. The van der Waals surface area contributed by atoms with Crippen LogP contribution in [0.2, 0.25) is 0 Å². The standard InChI is InChI=1S/C15H17NO3/c1-11-8-10-19-14(11)15(17)16-9-7-12-3-5-13(18-2)6-4-12/h3-6,8,10H,7,9H2,1-2H3,(H,16,17). The highest BCUT2D eigenvalue weighted by atomic mass is 16.5. The third-order valence-corrected chi connectivity index (χ3v) is 2.93. The Hall–Kier alpha value is -2.23. The van der Waals surface area contributed by atoms with E-state index < -0.39 is 0 Å². The highest BCUT2D eigenvalue weighted by Crippen LogP contribution is 2.11. The van der Waals surface area contributed by atoms with Crippen LogP contribution in [0.1, 0.15) is 21.7 Å². The highest BCUT2D eigenvalue weighted by molar-refractivity contribution is 5.92. The molecule has 1 N–H and O–H groups in total. The number of rotatable bonds is 5. The van der Waals surface area contributed by atoms with Crippen molar-refractivity contribution in [1.29, 1.82) is 0 Å². The van der Waals surface area contributed by atoms with Crippen molar-refractivity contribution in [3.63, 3.8) is 0 Å². The van der Waals surface area contributed by atoms with Gasteiger partial charge in [-0.15, -0.1) is 0 Å². The van der Waals surface area contributed by atoms with Crippen molar-refractivity contribution in [2.45, 2.75) is 13.3 Å². The minimum absolute atomic E-state index is 0.170. The van der Waals surface area contributed by atoms with E-state index in [-0.39, 0.29) is 5.91 Å². The van der Waals surface area contributed by atoms with Crippen molar-refractivity contribution in [1.82, 2.24) is 5.32 Å². The van der Waals surface area contributed by atoms with E-state index >= 15 is 0 Å². The second kappa shape index (κ2) is 6.09. The minimum atomic E-state index is -0.170. The van der Waals surface area contributed by atoms with Gasteiger partial charge in [-0.25, -0.2) is 0 Å². The summed E-state index contributed by atoms with van der Waals surface area (Å²) in [5, 5.41) is 2.84. The molecule has 0 aliphatic carbocycles. The molecule has 100 valence electrons. The van der Waals surface area contributed by atoms with E-state index in [4.69, 9.17) is 9.15 Å². The van der Waals surface area contributed by atoms with Gasteiger partial charge in [0.25, 0.3) is 5.91 Å². The Morgan fingerprint density at radius 3 is 2.58 bits per heavy atom. The predicted molar refractivity (Wildman–Crippen MR) is 72.5 cm³/mol. The maximum atomic E-state index is 11.8. The number of carbonyl (C=O) groups is 1. The average molecular weight is 259 g/mol. The maximum Gasteiger partial charge on any atom is 0.287 e. The van der Waals surface area contributed by atoms with Crippen LogP contribution in [0.5, 0.6) is 5.75 Å². The molecule has 4 heteroatoms. The largest absolute Gasteiger partial charge is 0.497 e. The van der Waals surface area contributed by atoms with Gasteiger partial charge in [0.05, 0.1) is 13.4 Å². The number of aryl methyl sites for hydroxylation is 1. The third-order valence-electron chi connectivity index (χ3n) is 2.93. The van der Waals surface area contributed by atoms with Crippen molar-refractivity contribution in [2.24, 2.45) is 0 Å². The predicted octanol–water partition coefficient (Wildman–Crippen LogP) is 2.57. The van der Waals surface area contributed by atoms with Crippen molar-refractivity contribution in [3.05, 3.63) is 53.5 Å². The van der Waals surface area contributed by atoms with Gasteiger partial charge < -0.3 is 14.5 Å². The molecule has 4 nitrogen and oxygen atoms in total. The molecule has 0 saturated carbocycles. The maximum absolute atomic E-state index is 11.8. The summed E-state index contributed by atoms with van der Waals surface area (Å²) >= 11 is 0. The van der Waals surface area contributed by atoms with E-state index in [1.807, 2.05) is 31.2 Å². The zero-order valence-corrected chi connectivity index (χ0v) is 11.1. The molecule has 1 heterocycles. The molecule has 0 aliphatic heterocycles. The van der Waals surface area contributed by atoms with Crippen LogP contribution in [-0.4, -0.2) is 19.6 Å². The zero-order chi connectivity index (χ0) is 13.7. The number of hydrogen-bond donors (Lipinski definition) is 1. The molecule has 1 amide bonds. The minimum Gasteiger partial charge on any atom is -0.497 e. The molecule has 0 saturated heterocycles. The number of amides is 1. The number of furan rings is 1. The Morgan fingerprint density at radius 1 is 1.26 bits per heavy atom. The van der Waals surface area contributed by atoms with Crippen LogP contribution in [0.15, 0.2) is 41.0 Å². The van der Waals surface area contributed by atoms with E-state index in [9.17, 15) is 4.79 Å². The SMILES string of the molecule is COc1ccc(CCNC(=O)c2occc2C)cc1. The Balaban J connectivity index is 1.83. The topological polar surface area (TPSA) is 51.5 Å². The first-order valence-corrected chi connectivity index (χ1v) is 6.16. The van der Waals surface area contributed by atoms with Crippen LogP contribution < -0.4 is 10.1 Å². The fourth-order valence-corrected chi connectivity index (χ4v) is 1.80. The Labute approximate surface area is 112 Å². The van der Waals surface area contributed by atoms with E-state index in [1.54, 1.807) is 13.2 Å². The highest BCUT2D eigenvalue weighted by Gasteiger charge is 2.11. The van der Waals surface area contributed by atoms with Crippen LogP contribution in [-0.2, 0) is 6.42 Å². The van der Waals surface area contributed by atoms with Gasteiger partial charge in [0.15, 0.2) is 5.76 Å². The van der Waals surface area contributed by atoms with Crippen molar-refractivity contribution < 1.29 is 13.9 Å². The third kappa shape index (κ3) is 3.37. The first-order valence-electron chi connectivity index (χ1n) is 6.16. The van der Waals surface area contributed by atoms with Gasteiger partial charge in [0, 0.05) is 12.1 Å². The van der Waals surface area contributed by atoms with Crippen molar-refractivity contribution in [2.75, 3.05) is 13.7 Å². The summed E-state index contributed by atoms with van der Waals surface area (Å²) in [6.45, 7) is 2.42. The average Bonchev–Trinajstić information content (AvgIpc) is 2.86. The second-order valence-electron chi connectivity index (χ2n) is 4.29. The summed E-state index contributed by atoms with van der Waals surface area (Å²) in [5.74, 6) is 1.05. The van der Waals surface area contributed by atoms with Crippen LogP contribution in [0.4, 0.5) is 0 Å². The molecule has 19 heavy (non-hydrogen) atoms. The van der Waals surface area contributed by atoms with Gasteiger partial charge >= 0.3 is 0 Å². The Kier molecular flexibility index (Phi) is 4.23. The lowest BCUT2D eigenvalue weighted by molar-refractivity contribution is 0.0925. The summed E-state index contributed by atoms with van der Waals surface area (Å²) in [6, 6.07) is 9.58. The molecular formula is C15H17NO3. The molecule has 2 aromatic rings. The number of hydrogen-bond acceptors (Lipinski definition) is 3. The van der Waals surface area contributed by atoms with Gasteiger partial charge in [-0.1, -0.05) is 12.1 Å². The molecule has 0 bridgehead atoms. The normalized spacial score (nSPS) is 10.2. The molecule has 0 fully saturated rings. The molecule has 1 aromatic carbocycles. The summed E-state index contributed by atoms with van der Waals surface area (Å²) in [7, 11) is 1.64. The molecule has 0 unspecified atom stereocenters. The van der Waals surface area contributed by atoms with Gasteiger partial charge in [0.1, 0.15) is 5.75 Å². The molecule has 0 atom stereocenters. The summed E-state index contributed by atoms with van der Waals surface area (Å²) < 4.78 is 10.2. The molecule has 2 rings (SSSR count). The number of carbonyl (C=O) groups excluding carboxylic acids is 1. The smallest absolute Gasteiger partial charge is 0.287 e. The number of nitrogens with one attached hydrogen (secondary N) is 1. The lowest BCUT2D eigenvalue weighted by Gasteiger charge is -2.05. The monoisotopic (exact) mass is 259 g/mol.